The van der Waals surface area contributed by atoms with Crippen LogP contribution in [0.2, 0.25) is 0 Å². The number of hydrogen-bond acceptors (Lipinski definition) is 1. The second-order valence-electron chi connectivity index (χ2n) is 5.29. The molecule has 0 rings (SSSR count). The number of nitrogens with one attached hydrogen (secondary N) is 1. The quantitative estimate of drug-likeness (QED) is 0.444. The Morgan fingerprint density at radius 3 is 1.32 bits per heavy atom. The zero-order chi connectivity index (χ0) is 15.2. The molecule has 0 radical (unpaired) electrons. The Bertz CT molecular complexity index is 89.9. The zero-order valence-electron chi connectivity index (χ0n) is 15.0. The van der Waals surface area contributed by atoms with Crippen LogP contribution >= 0.6 is 0 Å². The molecule has 0 fully saturated rings. The summed E-state index contributed by atoms with van der Waals surface area (Å²) in [5, 5.41) is 3.44. The molecule has 0 unspecified atom stereocenters. The van der Waals surface area contributed by atoms with Gasteiger partial charge in [0.05, 0.1) is 0 Å². The van der Waals surface area contributed by atoms with Gasteiger partial charge in [0.2, 0.25) is 0 Å². The van der Waals surface area contributed by atoms with Gasteiger partial charge in [0.1, 0.15) is 0 Å². The Balaban J connectivity index is -0.000000360. The lowest BCUT2D eigenvalue weighted by Crippen LogP contribution is -2.15. The van der Waals surface area contributed by atoms with Crippen molar-refractivity contribution in [2.24, 2.45) is 0 Å². The van der Waals surface area contributed by atoms with E-state index in [1.165, 1.54) is 77.3 Å². The van der Waals surface area contributed by atoms with E-state index in [4.69, 9.17) is 0 Å². The molecule has 0 saturated heterocycles. The molecule has 120 valence electrons. The van der Waals surface area contributed by atoms with Gasteiger partial charge >= 0.3 is 0 Å². The van der Waals surface area contributed by atoms with Gasteiger partial charge in [-0.1, -0.05) is 92.9 Å². The molecule has 0 heterocycles. The molecule has 0 aliphatic heterocycles. The molecule has 0 saturated carbocycles. The summed E-state index contributed by atoms with van der Waals surface area (Å²) < 4.78 is 0. The largest absolute Gasteiger partial charge is 0.317 e. The van der Waals surface area contributed by atoms with Crippen molar-refractivity contribution < 1.29 is 0 Å². The highest BCUT2D eigenvalue weighted by Gasteiger charge is 1.90. The van der Waals surface area contributed by atoms with E-state index in [1.54, 1.807) is 0 Å². The monoisotopic (exact) mass is 273 g/mol. The molecule has 19 heavy (non-hydrogen) atoms. The average molecular weight is 274 g/mol. The molecule has 1 N–H and O–H groups in total. The summed E-state index contributed by atoms with van der Waals surface area (Å²) in [6.45, 7) is 15.4. The van der Waals surface area contributed by atoms with Crippen LogP contribution in [0, 0.1) is 0 Å². The molecule has 0 aromatic carbocycles. The lowest BCUT2D eigenvalue weighted by molar-refractivity contribution is 0.561. The first-order valence-corrected chi connectivity index (χ1v) is 8.95. The van der Waals surface area contributed by atoms with Crippen molar-refractivity contribution in [3.05, 3.63) is 0 Å². The molecular formula is C18H43N. The average Bonchev–Trinajstić information content (AvgIpc) is 2.39. The van der Waals surface area contributed by atoms with E-state index in [2.05, 4.69) is 46.9 Å². The van der Waals surface area contributed by atoms with E-state index in [-0.39, 0.29) is 0 Å². The summed E-state index contributed by atoms with van der Waals surface area (Å²) in [4.78, 5) is 0. The third-order valence-electron chi connectivity index (χ3n) is 2.38. The minimum atomic E-state index is 1.19. The molecule has 0 aromatic heterocycles. The van der Waals surface area contributed by atoms with Crippen molar-refractivity contribution in [3.63, 3.8) is 0 Å². The maximum absolute atomic E-state index is 3.44. The molecule has 1 heteroatoms. The van der Waals surface area contributed by atoms with Gasteiger partial charge in [0.15, 0.2) is 0 Å². The van der Waals surface area contributed by atoms with Crippen LogP contribution in [0.15, 0.2) is 0 Å². The van der Waals surface area contributed by atoms with E-state index in [0.717, 1.165) is 0 Å². The molecule has 0 aliphatic rings. The number of rotatable bonds is 10. The number of unbranched alkanes of at least 4 members (excludes halogenated alkanes) is 6. The Kier molecular flexibility index (Phi) is 38.9. The van der Waals surface area contributed by atoms with Crippen molar-refractivity contribution in [1.29, 1.82) is 0 Å². The lowest BCUT2D eigenvalue weighted by Gasteiger charge is -2.02. The first-order valence-electron chi connectivity index (χ1n) is 8.95. The van der Waals surface area contributed by atoms with Crippen molar-refractivity contribution in [2.45, 2.75) is 106 Å². The van der Waals surface area contributed by atoms with Gasteiger partial charge in [-0.15, -0.1) is 0 Å². The minimum Gasteiger partial charge on any atom is -0.317 e. The SMILES string of the molecule is CCC.CCC.CCCCCCCCCNCCC. The highest BCUT2D eigenvalue weighted by Crippen LogP contribution is 2.06. The summed E-state index contributed by atoms with van der Waals surface area (Å²) in [6.07, 6.45) is 13.7. The lowest BCUT2D eigenvalue weighted by atomic mass is 10.1. The predicted molar refractivity (Wildman–Crippen MR) is 93.1 cm³/mol. The second-order valence-corrected chi connectivity index (χ2v) is 5.29. The van der Waals surface area contributed by atoms with E-state index in [0.29, 0.717) is 0 Å². The first-order chi connectivity index (χ1) is 9.24. The molecule has 0 aromatic rings. The second kappa shape index (κ2) is 30.8. The van der Waals surface area contributed by atoms with Crippen molar-refractivity contribution in [3.8, 4) is 0 Å². The maximum atomic E-state index is 3.44. The van der Waals surface area contributed by atoms with E-state index >= 15 is 0 Å². The van der Waals surface area contributed by atoms with Gasteiger partial charge in [0.25, 0.3) is 0 Å². The summed E-state index contributed by atoms with van der Waals surface area (Å²) in [5.74, 6) is 0. The van der Waals surface area contributed by atoms with Gasteiger partial charge in [-0.25, -0.2) is 0 Å². The fourth-order valence-corrected chi connectivity index (χ4v) is 1.51. The van der Waals surface area contributed by atoms with Crippen LogP contribution in [-0.2, 0) is 0 Å². The fraction of sp³-hybridized carbons (Fsp3) is 1.00. The fourth-order valence-electron chi connectivity index (χ4n) is 1.51. The Labute approximate surface area is 125 Å². The minimum absolute atomic E-state index is 1.19. The van der Waals surface area contributed by atoms with Crippen molar-refractivity contribution in [2.75, 3.05) is 13.1 Å². The Morgan fingerprint density at radius 2 is 0.895 bits per heavy atom. The third kappa shape index (κ3) is 46.1. The standard InChI is InChI=1S/C12H27N.2C3H8/c1-3-5-6-7-8-9-10-12-13-11-4-2;2*1-3-2/h13H,3-12H2,1-2H3;2*3H2,1-2H3. The van der Waals surface area contributed by atoms with Gasteiger partial charge in [-0.05, 0) is 25.9 Å². The van der Waals surface area contributed by atoms with Crippen LogP contribution in [0.25, 0.3) is 0 Å². The highest BCUT2D eigenvalue weighted by molar-refractivity contribution is 4.48. The van der Waals surface area contributed by atoms with Gasteiger partial charge < -0.3 is 5.32 Å². The topological polar surface area (TPSA) is 12.0 Å². The van der Waals surface area contributed by atoms with Gasteiger partial charge in [-0.2, -0.15) is 0 Å². The van der Waals surface area contributed by atoms with E-state index < -0.39 is 0 Å². The maximum Gasteiger partial charge on any atom is -0.00489 e. The molecule has 0 spiro atoms. The molecule has 1 nitrogen and oxygen atoms in total. The van der Waals surface area contributed by atoms with Crippen LogP contribution in [-0.4, -0.2) is 13.1 Å². The first kappa shape index (κ1) is 24.0. The molecule has 0 amide bonds. The highest BCUT2D eigenvalue weighted by atomic mass is 14.8. The Morgan fingerprint density at radius 1 is 0.474 bits per heavy atom. The summed E-state index contributed by atoms with van der Waals surface area (Å²) in [5.41, 5.74) is 0. The third-order valence-corrected chi connectivity index (χ3v) is 2.38. The van der Waals surface area contributed by atoms with Crippen LogP contribution < -0.4 is 5.32 Å². The summed E-state index contributed by atoms with van der Waals surface area (Å²) >= 11 is 0. The van der Waals surface area contributed by atoms with Gasteiger partial charge in [0, 0.05) is 0 Å². The molecule has 0 atom stereocenters. The molecule has 0 bridgehead atoms. The zero-order valence-corrected chi connectivity index (χ0v) is 15.0. The van der Waals surface area contributed by atoms with Crippen molar-refractivity contribution in [1.82, 2.24) is 5.32 Å². The van der Waals surface area contributed by atoms with Crippen LogP contribution in [0.4, 0.5) is 0 Å². The number of hydrogen-bond donors (Lipinski definition) is 1. The van der Waals surface area contributed by atoms with Crippen molar-refractivity contribution >= 4 is 0 Å². The normalized spacial score (nSPS) is 9.16. The Hall–Kier alpha value is -0.0400. The summed E-state index contributed by atoms with van der Waals surface area (Å²) in [7, 11) is 0. The smallest absolute Gasteiger partial charge is 0.00489 e. The summed E-state index contributed by atoms with van der Waals surface area (Å²) in [6, 6.07) is 0. The van der Waals surface area contributed by atoms with Gasteiger partial charge in [-0.3, -0.25) is 0 Å². The van der Waals surface area contributed by atoms with Crippen LogP contribution in [0.5, 0.6) is 0 Å². The van der Waals surface area contributed by atoms with Crippen LogP contribution in [0.1, 0.15) is 106 Å². The van der Waals surface area contributed by atoms with Crippen LogP contribution in [0.3, 0.4) is 0 Å². The van der Waals surface area contributed by atoms with E-state index in [1.807, 2.05) is 0 Å². The van der Waals surface area contributed by atoms with E-state index in [9.17, 15) is 0 Å². The molecular weight excluding hydrogens is 230 g/mol. The predicted octanol–water partition coefficient (Wildman–Crippen LogP) is 6.57. The molecule has 0 aliphatic carbocycles.